The van der Waals surface area contributed by atoms with Crippen molar-refractivity contribution in [2.75, 3.05) is 16.3 Å². The minimum Gasteiger partial charge on any atom is -0.426 e. The molecule has 3 amide bonds. The summed E-state index contributed by atoms with van der Waals surface area (Å²) in [7, 11) is 0. The van der Waals surface area contributed by atoms with Crippen LogP contribution in [0.15, 0.2) is 48.5 Å². The molecule has 35 heavy (non-hydrogen) atoms. The molecule has 1 saturated carbocycles. The fourth-order valence-electron chi connectivity index (χ4n) is 5.56. The number of nitrogens with zero attached hydrogens (tertiary/aromatic N) is 2. The van der Waals surface area contributed by atoms with Crippen molar-refractivity contribution in [3.63, 3.8) is 0 Å². The van der Waals surface area contributed by atoms with E-state index in [0.29, 0.717) is 11.6 Å². The molecule has 7 nitrogen and oxygen atoms in total. The van der Waals surface area contributed by atoms with Gasteiger partial charge in [0.1, 0.15) is 5.75 Å². The van der Waals surface area contributed by atoms with Gasteiger partial charge in [0.2, 0.25) is 17.7 Å². The van der Waals surface area contributed by atoms with E-state index in [-0.39, 0.29) is 48.3 Å². The van der Waals surface area contributed by atoms with E-state index in [0.717, 1.165) is 31.4 Å². The van der Waals surface area contributed by atoms with Gasteiger partial charge in [0.05, 0.1) is 23.4 Å². The normalized spacial score (nSPS) is 26.3. The van der Waals surface area contributed by atoms with Gasteiger partial charge in [-0.1, -0.05) is 32.0 Å². The molecule has 0 N–H and O–H groups in total. The lowest BCUT2D eigenvalue weighted by Gasteiger charge is -2.25. The fourth-order valence-corrected chi connectivity index (χ4v) is 5.56. The fraction of sp³-hybridized carbons (Fsp3) is 0.429. The van der Waals surface area contributed by atoms with Gasteiger partial charge in [0.15, 0.2) is 0 Å². The summed E-state index contributed by atoms with van der Waals surface area (Å²) in [6.45, 7) is 4.44. The molecule has 2 heterocycles. The predicted molar refractivity (Wildman–Crippen MR) is 131 cm³/mol. The summed E-state index contributed by atoms with van der Waals surface area (Å²) in [5.41, 5.74) is 2.37. The zero-order valence-corrected chi connectivity index (χ0v) is 20.1. The van der Waals surface area contributed by atoms with E-state index in [9.17, 15) is 19.2 Å². The highest BCUT2D eigenvalue weighted by molar-refractivity contribution is 6.22. The quantitative estimate of drug-likeness (QED) is 0.370. The Balaban J connectivity index is 1.27. The molecule has 0 bridgehead atoms. The Hall–Kier alpha value is -3.48. The Kier molecular flexibility index (Phi) is 6.17. The maximum atomic E-state index is 13.0. The number of amides is 3. The molecule has 0 radical (unpaired) electrons. The van der Waals surface area contributed by atoms with E-state index in [4.69, 9.17) is 4.74 Å². The minimum absolute atomic E-state index is 0.0820. The van der Waals surface area contributed by atoms with Crippen molar-refractivity contribution in [1.29, 1.82) is 0 Å². The lowest BCUT2D eigenvalue weighted by atomic mass is 9.76. The SMILES string of the molecule is CCc1ccc(N2C[C@H](C(=O)Oc3cccc(N4C(=O)[C@@H]5CC[C@H](C)C[C@H]5C4=O)c3)CC2=O)cc1. The van der Waals surface area contributed by atoms with Crippen molar-refractivity contribution >= 4 is 35.1 Å². The smallest absolute Gasteiger partial charge is 0.316 e. The second kappa shape index (κ2) is 9.29. The summed E-state index contributed by atoms with van der Waals surface area (Å²) in [5.74, 6) is -1.36. The average Bonchev–Trinajstić information content (AvgIpc) is 3.36. The van der Waals surface area contributed by atoms with Gasteiger partial charge in [0.25, 0.3) is 0 Å². The van der Waals surface area contributed by atoms with Gasteiger partial charge < -0.3 is 9.64 Å². The Bertz CT molecular complexity index is 1170. The highest BCUT2D eigenvalue weighted by Gasteiger charge is 2.50. The number of aryl methyl sites for hydroxylation is 1. The van der Waals surface area contributed by atoms with E-state index in [1.165, 1.54) is 10.5 Å². The van der Waals surface area contributed by atoms with E-state index >= 15 is 0 Å². The molecule has 2 aromatic rings. The molecule has 0 unspecified atom stereocenters. The predicted octanol–water partition coefficient (Wildman–Crippen LogP) is 4.13. The number of esters is 1. The molecule has 5 rings (SSSR count). The third kappa shape index (κ3) is 4.35. The van der Waals surface area contributed by atoms with Crippen LogP contribution >= 0.6 is 0 Å². The van der Waals surface area contributed by atoms with Gasteiger partial charge in [-0.3, -0.25) is 19.2 Å². The van der Waals surface area contributed by atoms with Crippen molar-refractivity contribution in [3.8, 4) is 5.75 Å². The van der Waals surface area contributed by atoms with Gasteiger partial charge in [-0.15, -0.1) is 0 Å². The molecular formula is C28H30N2O5. The molecule has 2 aromatic carbocycles. The number of carbonyl (C=O) groups is 4. The standard InChI is InChI=1S/C28H30N2O5/c1-3-18-8-10-20(11-9-18)29-16-19(14-25(29)31)28(34)35-22-6-4-5-21(15-22)30-26(32)23-12-7-17(2)13-24(23)27(30)33/h4-6,8-11,15,17,19,23-24H,3,7,12-14,16H2,1-2H3/t17-,19+,23+,24+/m0/s1. The van der Waals surface area contributed by atoms with Crippen LogP contribution in [0.1, 0.15) is 45.1 Å². The molecule has 182 valence electrons. The number of hydrogen-bond acceptors (Lipinski definition) is 5. The first-order chi connectivity index (χ1) is 16.9. The number of ether oxygens (including phenoxy) is 1. The molecule has 3 aliphatic rings. The molecule has 0 aromatic heterocycles. The van der Waals surface area contributed by atoms with Crippen LogP contribution in [0.5, 0.6) is 5.75 Å². The van der Waals surface area contributed by atoms with Crippen molar-refractivity contribution in [3.05, 3.63) is 54.1 Å². The van der Waals surface area contributed by atoms with E-state index < -0.39 is 11.9 Å². The Morgan fingerprint density at radius 1 is 0.971 bits per heavy atom. The van der Waals surface area contributed by atoms with Crippen LogP contribution in [-0.2, 0) is 25.6 Å². The number of fused-ring (bicyclic) bond motifs is 1. The van der Waals surface area contributed by atoms with Crippen LogP contribution < -0.4 is 14.5 Å². The first-order valence-electron chi connectivity index (χ1n) is 12.4. The topological polar surface area (TPSA) is 84.0 Å². The summed E-state index contributed by atoms with van der Waals surface area (Å²) in [6.07, 6.45) is 3.41. The second-order valence-electron chi connectivity index (χ2n) is 9.99. The summed E-state index contributed by atoms with van der Waals surface area (Å²) in [5, 5.41) is 0. The number of anilines is 2. The largest absolute Gasteiger partial charge is 0.426 e. The van der Waals surface area contributed by atoms with Gasteiger partial charge in [-0.25, -0.2) is 4.90 Å². The van der Waals surface area contributed by atoms with Gasteiger partial charge in [-0.05, 0) is 61.4 Å². The first-order valence-corrected chi connectivity index (χ1v) is 12.4. The number of benzene rings is 2. The monoisotopic (exact) mass is 474 g/mol. The third-order valence-electron chi connectivity index (χ3n) is 7.60. The maximum absolute atomic E-state index is 13.0. The maximum Gasteiger partial charge on any atom is 0.316 e. The molecule has 4 atom stereocenters. The van der Waals surface area contributed by atoms with Crippen LogP contribution in [-0.4, -0.2) is 30.2 Å². The van der Waals surface area contributed by atoms with E-state index in [2.05, 4.69) is 13.8 Å². The zero-order valence-electron chi connectivity index (χ0n) is 20.1. The summed E-state index contributed by atoms with van der Waals surface area (Å²) < 4.78 is 5.61. The molecule has 2 saturated heterocycles. The molecule has 7 heteroatoms. The third-order valence-corrected chi connectivity index (χ3v) is 7.60. The lowest BCUT2D eigenvalue weighted by molar-refractivity contribution is -0.139. The van der Waals surface area contributed by atoms with Crippen molar-refractivity contribution in [2.45, 2.75) is 46.0 Å². The molecule has 1 aliphatic carbocycles. The van der Waals surface area contributed by atoms with E-state index in [1.807, 2.05) is 24.3 Å². The van der Waals surface area contributed by atoms with Crippen LogP contribution in [0.4, 0.5) is 11.4 Å². The number of rotatable bonds is 5. The van der Waals surface area contributed by atoms with Gasteiger partial charge >= 0.3 is 5.97 Å². The van der Waals surface area contributed by atoms with Crippen LogP contribution in [0, 0.1) is 23.7 Å². The van der Waals surface area contributed by atoms with Crippen molar-refractivity contribution in [2.24, 2.45) is 23.7 Å². The summed E-state index contributed by atoms with van der Waals surface area (Å²) in [4.78, 5) is 54.4. The van der Waals surface area contributed by atoms with Crippen LogP contribution in [0.3, 0.4) is 0 Å². The zero-order chi connectivity index (χ0) is 24.7. The van der Waals surface area contributed by atoms with Gasteiger partial charge in [-0.2, -0.15) is 0 Å². The Morgan fingerprint density at radius 3 is 2.46 bits per heavy atom. The highest BCUT2D eigenvalue weighted by atomic mass is 16.5. The Labute approximate surface area is 205 Å². The first kappa shape index (κ1) is 23.3. The number of carbonyl (C=O) groups excluding carboxylic acids is 4. The molecule has 0 spiro atoms. The van der Waals surface area contributed by atoms with Crippen molar-refractivity contribution < 1.29 is 23.9 Å². The van der Waals surface area contributed by atoms with E-state index in [1.54, 1.807) is 29.2 Å². The molecule has 3 fully saturated rings. The van der Waals surface area contributed by atoms with Crippen LogP contribution in [0.25, 0.3) is 0 Å². The van der Waals surface area contributed by atoms with Gasteiger partial charge in [0, 0.05) is 24.7 Å². The number of imide groups is 1. The molecule has 2 aliphatic heterocycles. The number of hydrogen-bond donors (Lipinski definition) is 0. The van der Waals surface area contributed by atoms with Crippen molar-refractivity contribution in [1.82, 2.24) is 0 Å². The average molecular weight is 475 g/mol. The molecular weight excluding hydrogens is 444 g/mol. The second-order valence-corrected chi connectivity index (χ2v) is 9.99. The lowest BCUT2D eigenvalue weighted by Crippen LogP contribution is -2.31. The highest BCUT2D eigenvalue weighted by Crippen LogP contribution is 2.42. The Morgan fingerprint density at radius 2 is 1.71 bits per heavy atom. The summed E-state index contributed by atoms with van der Waals surface area (Å²) >= 11 is 0. The summed E-state index contributed by atoms with van der Waals surface area (Å²) in [6, 6.07) is 14.3. The van der Waals surface area contributed by atoms with Crippen LogP contribution in [0.2, 0.25) is 0 Å². The minimum atomic E-state index is -0.587.